The zero-order chi connectivity index (χ0) is 22.5. The van der Waals surface area contributed by atoms with Crippen LogP contribution in [-0.4, -0.2) is 22.2 Å². The third-order valence-corrected chi connectivity index (χ3v) is 4.60. The van der Waals surface area contributed by atoms with Crippen LogP contribution in [0.3, 0.4) is 0 Å². The third-order valence-electron chi connectivity index (χ3n) is 4.60. The first-order chi connectivity index (χ1) is 15.5. The van der Waals surface area contributed by atoms with Gasteiger partial charge in [-0.3, -0.25) is 0 Å². The molecule has 4 aromatic rings. The summed E-state index contributed by atoms with van der Waals surface area (Å²) in [5.74, 6) is -1.98. The second kappa shape index (κ2) is 8.97. The molecule has 32 heavy (non-hydrogen) atoms. The van der Waals surface area contributed by atoms with Gasteiger partial charge in [0.25, 0.3) is 0 Å². The Balaban J connectivity index is 1.49. The number of benzene rings is 4. The highest BCUT2D eigenvalue weighted by atomic mass is 16.4. The molecule has 0 aromatic heterocycles. The Morgan fingerprint density at radius 3 is 1.12 bits per heavy atom. The second-order valence-electron chi connectivity index (χ2n) is 6.82. The van der Waals surface area contributed by atoms with Crippen LogP contribution < -0.4 is 0 Å². The average molecular weight is 424 g/mol. The number of hydrogen-bond donors (Lipinski definition) is 2. The Kier molecular flexibility index (Phi) is 5.76. The smallest absolute Gasteiger partial charge is 0.335 e. The Morgan fingerprint density at radius 2 is 0.781 bits per heavy atom. The number of rotatable bonds is 6. The predicted octanol–water partition coefficient (Wildman–Crippen LogP) is 7.07. The molecule has 0 spiro atoms. The summed E-state index contributed by atoms with van der Waals surface area (Å²) in [5, 5.41) is 36.5. The Morgan fingerprint density at radius 1 is 0.469 bits per heavy atom. The molecule has 2 N–H and O–H groups in total. The molecule has 8 heteroatoms. The highest BCUT2D eigenvalue weighted by Gasteiger charge is 2.03. The van der Waals surface area contributed by atoms with Crippen molar-refractivity contribution in [1.82, 2.24) is 0 Å². The molecule has 0 aliphatic carbocycles. The van der Waals surface area contributed by atoms with Crippen LogP contribution in [0, 0.1) is 0 Å². The normalized spacial score (nSPS) is 11.4. The zero-order valence-electron chi connectivity index (χ0n) is 16.6. The van der Waals surface area contributed by atoms with E-state index in [1.54, 1.807) is 24.3 Å². The molecule has 0 unspecified atom stereocenters. The van der Waals surface area contributed by atoms with Crippen LogP contribution >= 0.6 is 0 Å². The third kappa shape index (κ3) is 4.88. The van der Waals surface area contributed by atoms with Crippen molar-refractivity contribution in [3.8, 4) is 0 Å². The van der Waals surface area contributed by atoms with E-state index in [4.69, 9.17) is 10.2 Å². The minimum absolute atomic E-state index is 0.194. The molecule has 0 saturated carbocycles. The average Bonchev–Trinajstić information content (AvgIpc) is 2.81. The number of aromatic carboxylic acids is 2. The lowest BCUT2D eigenvalue weighted by Gasteiger charge is -2.01. The van der Waals surface area contributed by atoms with Crippen LogP contribution in [0.4, 0.5) is 22.7 Å². The molecular weight excluding hydrogens is 408 g/mol. The van der Waals surface area contributed by atoms with Crippen molar-refractivity contribution in [3.05, 3.63) is 96.1 Å². The molecule has 0 amide bonds. The summed E-state index contributed by atoms with van der Waals surface area (Å²) in [6.45, 7) is 0. The van der Waals surface area contributed by atoms with E-state index < -0.39 is 11.9 Å². The van der Waals surface area contributed by atoms with Crippen molar-refractivity contribution in [2.45, 2.75) is 0 Å². The standard InChI is InChI=1S/C24H16N4O4/c29-23(30)15-1-7-19(8-2-15)25-27-21-11-5-18-14-22(12-6-17(18)13-21)28-26-20-9-3-16(4-10-20)24(31)32/h1-14H,(H,29,30)(H,31,32). The van der Waals surface area contributed by atoms with E-state index in [2.05, 4.69) is 20.5 Å². The van der Waals surface area contributed by atoms with Gasteiger partial charge < -0.3 is 10.2 Å². The van der Waals surface area contributed by atoms with Crippen molar-refractivity contribution in [3.63, 3.8) is 0 Å². The maximum atomic E-state index is 10.9. The van der Waals surface area contributed by atoms with Crippen LogP contribution in [0.25, 0.3) is 10.8 Å². The molecule has 4 rings (SSSR count). The number of carboxylic acids is 2. The van der Waals surface area contributed by atoms with Crippen LogP contribution in [0.15, 0.2) is 105 Å². The Hall–Kier alpha value is -4.72. The summed E-state index contributed by atoms with van der Waals surface area (Å²) in [4.78, 5) is 21.8. The topological polar surface area (TPSA) is 124 Å². The fourth-order valence-electron chi connectivity index (χ4n) is 2.92. The first-order valence-corrected chi connectivity index (χ1v) is 9.52. The lowest BCUT2D eigenvalue weighted by atomic mass is 10.1. The molecule has 0 heterocycles. The van der Waals surface area contributed by atoms with Crippen molar-refractivity contribution in [2.75, 3.05) is 0 Å². The van der Waals surface area contributed by atoms with Gasteiger partial charge in [-0.2, -0.15) is 20.5 Å². The Labute approximate surface area is 182 Å². The van der Waals surface area contributed by atoms with Gasteiger partial charge in [-0.05, 0) is 83.6 Å². The zero-order valence-corrected chi connectivity index (χ0v) is 16.6. The monoisotopic (exact) mass is 424 g/mol. The van der Waals surface area contributed by atoms with Gasteiger partial charge in [0.15, 0.2) is 0 Å². The first-order valence-electron chi connectivity index (χ1n) is 9.52. The molecule has 156 valence electrons. The SMILES string of the molecule is O=C(O)c1ccc(N=Nc2ccc3cc(N=Nc4ccc(C(=O)O)cc4)ccc3c2)cc1. The van der Waals surface area contributed by atoms with Crippen molar-refractivity contribution in [2.24, 2.45) is 20.5 Å². The lowest BCUT2D eigenvalue weighted by Crippen LogP contribution is -1.93. The molecular formula is C24H16N4O4. The van der Waals surface area contributed by atoms with E-state index in [0.717, 1.165) is 10.8 Å². The molecule has 0 atom stereocenters. The van der Waals surface area contributed by atoms with Gasteiger partial charge in [0.05, 0.1) is 33.9 Å². The molecule has 0 aliphatic rings. The number of hydrogen-bond acceptors (Lipinski definition) is 6. The van der Waals surface area contributed by atoms with E-state index in [1.807, 2.05) is 36.4 Å². The Bertz CT molecular complexity index is 1250. The number of carboxylic acid groups (broad SMARTS) is 2. The van der Waals surface area contributed by atoms with Crippen LogP contribution in [0.5, 0.6) is 0 Å². The van der Waals surface area contributed by atoms with Gasteiger partial charge in [0.1, 0.15) is 0 Å². The summed E-state index contributed by atoms with van der Waals surface area (Å²) in [6, 6.07) is 23.5. The van der Waals surface area contributed by atoms with Gasteiger partial charge in [0, 0.05) is 0 Å². The molecule has 4 aromatic carbocycles. The van der Waals surface area contributed by atoms with Crippen LogP contribution in [-0.2, 0) is 0 Å². The van der Waals surface area contributed by atoms with Gasteiger partial charge in [-0.15, -0.1) is 0 Å². The van der Waals surface area contributed by atoms with Gasteiger partial charge in [-0.1, -0.05) is 12.1 Å². The van der Waals surface area contributed by atoms with E-state index in [0.29, 0.717) is 22.7 Å². The van der Waals surface area contributed by atoms with Crippen molar-refractivity contribution >= 4 is 45.5 Å². The van der Waals surface area contributed by atoms with Crippen LogP contribution in [0.2, 0.25) is 0 Å². The number of carbonyl (C=O) groups is 2. The van der Waals surface area contributed by atoms with Crippen molar-refractivity contribution in [1.29, 1.82) is 0 Å². The minimum Gasteiger partial charge on any atom is -0.478 e. The van der Waals surface area contributed by atoms with E-state index in [9.17, 15) is 9.59 Å². The predicted molar refractivity (Wildman–Crippen MR) is 119 cm³/mol. The molecule has 0 saturated heterocycles. The summed E-state index contributed by atoms with van der Waals surface area (Å²) < 4.78 is 0. The van der Waals surface area contributed by atoms with Crippen molar-refractivity contribution < 1.29 is 19.8 Å². The largest absolute Gasteiger partial charge is 0.478 e. The van der Waals surface area contributed by atoms with Gasteiger partial charge in [0.2, 0.25) is 0 Å². The quantitative estimate of drug-likeness (QED) is 0.321. The molecule has 8 nitrogen and oxygen atoms in total. The number of azo groups is 2. The summed E-state index contributed by atoms with van der Waals surface area (Å²) >= 11 is 0. The highest BCUT2D eigenvalue weighted by molar-refractivity contribution is 5.89. The van der Waals surface area contributed by atoms with E-state index >= 15 is 0 Å². The minimum atomic E-state index is -0.988. The maximum Gasteiger partial charge on any atom is 0.335 e. The highest BCUT2D eigenvalue weighted by Crippen LogP contribution is 2.28. The second-order valence-corrected chi connectivity index (χ2v) is 6.82. The summed E-state index contributed by atoms with van der Waals surface area (Å²) in [5.41, 5.74) is 2.82. The summed E-state index contributed by atoms with van der Waals surface area (Å²) in [6.07, 6.45) is 0. The molecule has 0 fully saturated rings. The van der Waals surface area contributed by atoms with Crippen LogP contribution in [0.1, 0.15) is 20.7 Å². The fraction of sp³-hybridized carbons (Fsp3) is 0. The molecule has 0 bridgehead atoms. The molecule has 0 aliphatic heterocycles. The maximum absolute atomic E-state index is 10.9. The van der Waals surface area contributed by atoms with Gasteiger partial charge in [-0.25, -0.2) is 9.59 Å². The molecule has 0 radical (unpaired) electrons. The first kappa shape index (κ1) is 20.5. The number of fused-ring (bicyclic) bond motifs is 1. The van der Waals surface area contributed by atoms with E-state index in [-0.39, 0.29) is 11.1 Å². The van der Waals surface area contributed by atoms with E-state index in [1.165, 1.54) is 24.3 Å². The fourth-order valence-corrected chi connectivity index (χ4v) is 2.92. The lowest BCUT2D eigenvalue weighted by molar-refractivity contribution is 0.0686. The van der Waals surface area contributed by atoms with Gasteiger partial charge >= 0.3 is 11.9 Å². The summed E-state index contributed by atoms with van der Waals surface area (Å²) in [7, 11) is 0. The number of nitrogens with zero attached hydrogens (tertiary/aromatic N) is 4.